The average Bonchev–Trinajstić information content (AvgIpc) is 3.64. The van der Waals surface area contributed by atoms with E-state index in [2.05, 4.69) is 28.6 Å². The van der Waals surface area contributed by atoms with Crippen LogP contribution in [0, 0.1) is 11.3 Å². The number of rotatable bonds is 5. The van der Waals surface area contributed by atoms with Crippen molar-refractivity contribution in [2.24, 2.45) is 0 Å². The number of hydrogen-bond acceptors (Lipinski definition) is 5. The van der Waals surface area contributed by atoms with Crippen LogP contribution in [0.25, 0.3) is 33.3 Å². The zero-order valence-electron chi connectivity index (χ0n) is 21.2. The van der Waals surface area contributed by atoms with Crippen molar-refractivity contribution in [1.82, 2.24) is 20.2 Å². The number of pyridine rings is 1. The highest BCUT2D eigenvalue weighted by molar-refractivity contribution is 7.99. The molecule has 4 aromatic rings. The van der Waals surface area contributed by atoms with Crippen LogP contribution in [0.3, 0.4) is 0 Å². The fourth-order valence-corrected chi connectivity index (χ4v) is 6.14. The molecule has 2 N–H and O–H groups in total. The first-order chi connectivity index (χ1) is 18.6. The first-order valence-corrected chi connectivity index (χ1v) is 14.0. The van der Waals surface area contributed by atoms with Crippen molar-refractivity contribution in [1.29, 1.82) is 5.26 Å². The first-order valence-electron chi connectivity index (χ1n) is 12.8. The van der Waals surface area contributed by atoms with Gasteiger partial charge in [-0.25, -0.2) is 4.79 Å². The minimum absolute atomic E-state index is 0.00491. The van der Waals surface area contributed by atoms with Gasteiger partial charge in [-0.3, -0.25) is 14.3 Å². The van der Waals surface area contributed by atoms with Gasteiger partial charge in [0, 0.05) is 52.9 Å². The number of carbonyl (C=O) groups is 2. The van der Waals surface area contributed by atoms with E-state index >= 15 is 0 Å². The van der Waals surface area contributed by atoms with Gasteiger partial charge < -0.3 is 10.6 Å². The third-order valence-corrected chi connectivity index (χ3v) is 8.05. The number of nitrogens with zero attached hydrogens (tertiary/aromatic N) is 3. The number of carbonyl (C=O) groups excluding carboxylic acids is 2. The van der Waals surface area contributed by atoms with Gasteiger partial charge in [0.15, 0.2) is 0 Å². The van der Waals surface area contributed by atoms with E-state index in [1.54, 1.807) is 10.8 Å². The maximum atomic E-state index is 12.7. The number of thioether (sulfide) groups is 1. The molecule has 0 radical (unpaired) electrons. The van der Waals surface area contributed by atoms with Crippen LogP contribution in [-0.2, 0) is 0 Å². The summed E-state index contributed by atoms with van der Waals surface area (Å²) in [6.07, 6.45) is 9.59. The Morgan fingerprint density at radius 1 is 1.13 bits per heavy atom. The van der Waals surface area contributed by atoms with Crippen molar-refractivity contribution >= 4 is 57.0 Å². The van der Waals surface area contributed by atoms with Crippen LogP contribution in [0.4, 0.5) is 4.79 Å². The molecule has 0 saturated carbocycles. The van der Waals surface area contributed by atoms with Crippen LogP contribution in [0.5, 0.6) is 0 Å². The molecule has 2 aromatic carbocycles. The fraction of sp³-hybridized carbons (Fsp3) is 0.267. The van der Waals surface area contributed by atoms with E-state index in [1.165, 1.54) is 0 Å². The Kier molecular flexibility index (Phi) is 7.75. The molecule has 0 bridgehead atoms. The zero-order chi connectivity index (χ0) is 26.5. The second-order valence-electron chi connectivity index (χ2n) is 9.41. The Bertz CT molecular complexity index is 1550. The predicted octanol–water partition coefficient (Wildman–Crippen LogP) is 5.87. The van der Waals surface area contributed by atoms with Crippen molar-refractivity contribution in [2.45, 2.75) is 38.3 Å². The van der Waals surface area contributed by atoms with Crippen LogP contribution in [0.1, 0.15) is 42.1 Å². The number of amides is 2. The van der Waals surface area contributed by atoms with Gasteiger partial charge >= 0.3 is 6.03 Å². The molecule has 4 heterocycles. The number of para-hydroxylation sites is 1. The molecule has 2 saturated heterocycles. The molecular weight excluding hydrogens is 494 g/mol. The number of hydrogen-bond donors (Lipinski definition) is 2. The molecule has 0 spiro atoms. The molecule has 2 amide bonds. The standard InChI is InChI=1S/C25H21N3O.C5H8N2OS/c1-2-3-11-25(29)28-17-23(22-9-4-5-10-24(22)28)20(15-26)14-18-7-6-8-19-16-27-13-12-21(18)19;8-5-6-3-1-9-2-4(3)7-5/h4-10,12-14,16-17H,2-3,11H2,1H3;3-4H,1-2H2,(H2,6,7,8)/b20-14+;. The number of aromatic nitrogens is 2. The van der Waals surface area contributed by atoms with Gasteiger partial charge in [0.05, 0.1) is 29.2 Å². The average molecular weight is 524 g/mol. The number of nitrogens with one attached hydrogen (secondary N) is 2. The normalized spacial score (nSPS) is 18.3. The molecule has 192 valence electrons. The van der Waals surface area contributed by atoms with E-state index in [4.69, 9.17) is 0 Å². The second kappa shape index (κ2) is 11.5. The SMILES string of the molecule is CCCCC(=O)n1cc(/C(C#N)=C/c2cccc3cnccc23)c2ccccc21.O=C1NC2CSCC2N1. The Balaban J connectivity index is 0.000000273. The fourth-order valence-electron chi connectivity index (χ4n) is 4.87. The van der Waals surface area contributed by atoms with Gasteiger partial charge in [-0.05, 0) is 35.6 Å². The van der Waals surface area contributed by atoms with E-state index in [-0.39, 0.29) is 11.9 Å². The molecule has 7 nitrogen and oxygen atoms in total. The summed E-state index contributed by atoms with van der Waals surface area (Å²) in [7, 11) is 0. The number of benzene rings is 2. The first kappa shape index (κ1) is 25.6. The van der Waals surface area contributed by atoms with E-state index in [1.807, 2.05) is 78.8 Å². The Morgan fingerprint density at radius 2 is 1.92 bits per heavy atom. The van der Waals surface area contributed by atoms with Gasteiger partial charge in [-0.2, -0.15) is 17.0 Å². The highest BCUT2D eigenvalue weighted by Crippen LogP contribution is 2.30. The number of unbranched alkanes of at least 4 members (excludes halogenated alkanes) is 1. The Hall–Kier alpha value is -4.09. The minimum atomic E-state index is 0.00491. The van der Waals surface area contributed by atoms with Crippen molar-refractivity contribution in [3.05, 3.63) is 78.2 Å². The third-order valence-electron chi connectivity index (χ3n) is 6.86. The molecule has 2 atom stereocenters. The van der Waals surface area contributed by atoms with Gasteiger partial charge in [-0.15, -0.1) is 0 Å². The van der Waals surface area contributed by atoms with Crippen LogP contribution in [0.15, 0.2) is 67.1 Å². The molecule has 0 aliphatic carbocycles. The number of allylic oxidation sites excluding steroid dienone is 1. The Morgan fingerprint density at radius 3 is 2.68 bits per heavy atom. The summed E-state index contributed by atoms with van der Waals surface area (Å²) in [5.41, 5.74) is 3.11. The highest BCUT2D eigenvalue weighted by atomic mass is 32.2. The third kappa shape index (κ3) is 5.29. The number of nitriles is 1. The van der Waals surface area contributed by atoms with Gasteiger partial charge in [0.1, 0.15) is 0 Å². The van der Waals surface area contributed by atoms with Crippen molar-refractivity contribution in [2.75, 3.05) is 11.5 Å². The summed E-state index contributed by atoms with van der Waals surface area (Å²) < 4.78 is 1.69. The summed E-state index contributed by atoms with van der Waals surface area (Å²) >= 11 is 1.89. The second-order valence-corrected chi connectivity index (χ2v) is 10.5. The molecule has 2 aromatic heterocycles. The number of urea groups is 1. The summed E-state index contributed by atoms with van der Waals surface area (Å²) in [6.45, 7) is 2.07. The van der Waals surface area contributed by atoms with Gasteiger partial charge in [-0.1, -0.05) is 49.7 Å². The monoisotopic (exact) mass is 523 g/mol. The summed E-state index contributed by atoms with van der Waals surface area (Å²) in [5, 5.41) is 18.6. The lowest BCUT2D eigenvalue weighted by atomic mass is 10.00. The topological polar surface area (TPSA) is 99.8 Å². The van der Waals surface area contributed by atoms with Crippen molar-refractivity contribution in [3.8, 4) is 6.07 Å². The smallest absolute Gasteiger partial charge is 0.315 e. The molecule has 2 fully saturated rings. The van der Waals surface area contributed by atoms with Gasteiger partial charge in [0.2, 0.25) is 5.91 Å². The quantitative estimate of drug-likeness (QED) is 0.252. The zero-order valence-corrected chi connectivity index (χ0v) is 22.0. The largest absolute Gasteiger partial charge is 0.332 e. The van der Waals surface area contributed by atoms with Crippen LogP contribution in [-0.4, -0.2) is 45.1 Å². The lowest BCUT2D eigenvalue weighted by Gasteiger charge is -2.03. The lowest BCUT2D eigenvalue weighted by Crippen LogP contribution is -2.31. The summed E-state index contributed by atoms with van der Waals surface area (Å²) in [6, 6.07) is 18.8. The Labute approximate surface area is 225 Å². The maximum Gasteiger partial charge on any atom is 0.315 e. The molecule has 6 rings (SSSR count). The molecule has 2 unspecified atom stereocenters. The van der Waals surface area contributed by atoms with E-state index < -0.39 is 0 Å². The maximum absolute atomic E-state index is 12.7. The van der Waals surface area contributed by atoms with E-state index in [0.717, 1.165) is 57.1 Å². The summed E-state index contributed by atoms with van der Waals surface area (Å²) in [5.74, 6) is 2.20. The van der Waals surface area contributed by atoms with Crippen LogP contribution in [0.2, 0.25) is 0 Å². The lowest BCUT2D eigenvalue weighted by molar-refractivity contribution is 0.0905. The molecule has 2 aliphatic heterocycles. The van der Waals surface area contributed by atoms with E-state index in [0.29, 0.717) is 24.1 Å². The molecular formula is C30H29N5O2S. The van der Waals surface area contributed by atoms with Crippen molar-refractivity contribution in [3.63, 3.8) is 0 Å². The van der Waals surface area contributed by atoms with Gasteiger partial charge in [0.25, 0.3) is 0 Å². The molecule has 8 heteroatoms. The minimum Gasteiger partial charge on any atom is -0.332 e. The van der Waals surface area contributed by atoms with Crippen molar-refractivity contribution < 1.29 is 9.59 Å². The molecule has 2 aliphatic rings. The van der Waals surface area contributed by atoms with E-state index in [9.17, 15) is 14.9 Å². The highest BCUT2D eigenvalue weighted by Gasteiger charge is 2.35. The summed E-state index contributed by atoms with van der Waals surface area (Å²) in [4.78, 5) is 27.5. The number of fused-ring (bicyclic) bond motifs is 3. The predicted molar refractivity (Wildman–Crippen MR) is 154 cm³/mol. The van der Waals surface area contributed by atoms with Crippen LogP contribution < -0.4 is 10.6 Å². The molecule has 38 heavy (non-hydrogen) atoms. The van der Waals surface area contributed by atoms with Crippen LogP contribution >= 0.6 is 11.8 Å².